The molecule has 2 heterocycles. The monoisotopic (exact) mass is 300 g/mol. The van der Waals surface area contributed by atoms with E-state index in [4.69, 9.17) is 11.6 Å². The zero-order chi connectivity index (χ0) is 13.7. The van der Waals surface area contributed by atoms with Crippen LogP contribution in [0, 0.1) is 0 Å². The smallest absolute Gasteiger partial charge is 0.135 e. The number of hydrogen-bond donors (Lipinski definition) is 1. The Kier molecular flexibility index (Phi) is 5.73. The van der Waals surface area contributed by atoms with E-state index in [-0.39, 0.29) is 0 Å². The van der Waals surface area contributed by atoms with Crippen molar-refractivity contribution in [1.82, 2.24) is 14.9 Å². The second kappa shape index (κ2) is 7.31. The Bertz CT molecular complexity index is 408. The molecule has 1 aliphatic rings. The topological polar surface area (TPSA) is 41.1 Å². The number of anilines is 1. The van der Waals surface area contributed by atoms with Crippen LogP contribution in [0.2, 0.25) is 5.15 Å². The standard InChI is InChI=1S/C13H21ClN4S/c1-10(2)13-16-11(14)9-12(17-13)15-3-4-18-5-7-19-8-6-18/h9-10H,3-8H2,1-2H3,(H,15,16,17). The van der Waals surface area contributed by atoms with E-state index in [1.807, 2.05) is 11.8 Å². The molecular formula is C13H21ClN4S. The molecule has 1 N–H and O–H groups in total. The Labute approximate surface area is 124 Å². The Morgan fingerprint density at radius 1 is 1.37 bits per heavy atom. The van der Waals surface area contributed by atoms with Crippen molar-refractivity contribution < 1.29 is 0 Å². The van der Waals surface area contributed by atoms with Crippen molar-refractivity contribution in [1.29, 1.82) is 0 Å². The van der Waals surface area contributed by atoms with Crippen LogP contribution in [0.1, 0.15) is 25.6 Å². The molecule has 0 atom stereocenters. The molecule has 2 rings (SSSR count). The van der Waals surface area contributed by atoms with Gasteiger partial charge in [-0.15, -0.1) is 0 Å². The molecule has 0 saturated carbocycles. The Balaban J connectivity index is 1.84. The molecule has 1 fully saturated rings. The van der Waals surface area contributed by atoms with E-state index in [0.717, 1.165) is 24.7 Å². The maximum Gasteiger partial charge on any atom is 0.135 e. The van der Waals surface area contributed by atoms with Crippen molar-refractivity contribution in [2.24, 2.45) is 0 Å². The summed E-state index contributed by atoms with van der Waals surface area (Å²) in [7, 11) is 0. The van der Waals surface area contributed by atoms with Crippen LogP contribution < -0.4 is 5.32 Å². The molecule has 0 aliphatic carbocycles. The number of thioether (sulfide) groups is 1. The van der Waals surface area contributed by atoms with Crippen LogP contribution >= 0.6 is 23.4 Å². The van der Waals surface area contributed by atoms with Crippen LogP contribution in [-0.4, -0.2) is 52.6 Å². The summed E-state index contributed by atoms with van der Waals surface area (Å²) in [5.41, 5.74) is 0. The summed E-state index contributed by atoms with van der Waals surface area (Å²) >= 11 is 8.05. The molecule has 1 aromatic heterocycles. The lowest BCUT2D eigenvalue weighted by Gasteiger charge is -2.26. The van der Waals surface area contributed by atoms with Crippen molar-refractivity contribution in [3.8, 4) is 0 Å². The fourth-order valence-electron chi connectivity index (χ4n) is 1.95. The molecule has 0 spiro atoms. The average molecular weight is 301 g/mol. The lowest BCUT2D eigenvalue weighted by atomic mass is 10.2. The molecule has 0 aromatic carbocycles. The summed E-state index contributed by atoms with van der Waals surface area (Å²) in [4.78, 5) is 11.2. The van der Waals surface area contributed by atoms with Gasteiger partial charge < -0.3 is 5.32 Å². The van der Waals surface area contributed by atoms with Crippen molar-refractivity contribution >= 4 is 29.2 Å². The van der Waals surface area contributed by atoms with E-state index >= 15 is 0 Å². The minimum Gasteiger partial charge on any atom is -0.369 e. The fourth-order valence-corrected chi connectivity index (χ4v) is 3.12. The third-order valence-corrected chi connectivity index (χ3v) is 4.20. The third-order valence-electron chi connectivity index (χ3n) is 3.07. The summed E-state index contributed by atoms with van der Waals surface area (Å²) in [5, 5.41) is 3.85. The number of hydrogen-bond acceptors (Lipinski definition) is 5. The highest BCUT2D eigenvalue weighted by atomic mass is 35.5. The van der Waals surface area contributed by atoms with Crippen molar-refractivity contribution in [2.45, 2.75) is 19.8 Å². The Morgan fingerprint density at radius 3 is 2.79 bits per heavy atom. The van der Waals surface area contributed by atoms with Gasteiger partial charge in [0, 0.05) is 49.7 Å². The first-order chi connectivity index (χ1) is 9.15. The van der Waals surface area contributed by atoms with E-state index in [1.54, 1.807) is 6.07 Å². The fraction of sp³-hybridized carbons (Fsp3) is 0.692. The highest BCUT2D eigenvalue weighted by Gasteiger charge is 2.10. The highest BCUT2D eigenvalue weighted by molar-refractivity contribution is 7.99. The van der Waals surface area contributed by atoms with Gasteiger partial charge >= 0.3 is 0 Å². The second-order valence-electron chi connectivity index (χ2n) is 4.97. The van der Waals surface area contributed by atoms with Gasteiger partial charge in [0.05, 0.1) is 0 Å². The molecule has 19 heavy (non-hydrogen) atoms. The molecule has 0 bridgehead atoms. The molecule has 106 valence electrons. The SMILES string of the molecule is CC(C)c1nc(Cl)cc(NCCN2CCSCC2)n1. The molecule has 0 unspecified atom stereocenters. The zero-order valence-corrected chi connectivity index (χ0v) is 13.1. The van der Waals surface area contributed by atoms with Crippen molar-refractivity contribution in [3.63, 3.8) is 0 Å². The maximum atomic E-state index is 6.02. The molecule has 1 aromatic rings. The van der Waals surface area contributed by atoms with Gasteiger partial charge in [-0.05, 0) is 0 Å². The lowest BCUT2D eigenvalue weighted by molar-refractivity contribution is 0.314. The zero-order valence-electron chi connectivity index (χ0n) is 11.5. The lowest BCUT2D eigenvalue weighted by Crippen LogP contribution is -2.36. The summed E-state index contributed by atoms with van der Waals surface area (Å²) < 4.78 is 0. The van der Waals surface area contributed by atoms with Crippen LogP contribution in [0.25, 0.3) is 0 Å². The van der Waals surface area contributed by atoms with Gasteiger partial charge in [-0.25, -0.2) is 9.97 Å². The summed E-state index contributed by atoms with van der Waals surface area (Å²) in [6.07, 6.45) is 0. The van der Waals surface area contributed by atoms with Crippen molar-refractivity contribution in [3.05, 3.63) is 17.0 Å². The van der Waals surface area contributed by atoms with E-state index < -0.39 is 0 Å². The first-order valence-corrected chi connectivity index (χ1v) is 8.27. The Morgan fingerprint density at radius 2 is 2.11 bits per heavy atom. The van der Waals surface area contributed by atoms with Crippen LogP contribution in [-0.2, 0) is 0 Å². The number of nitrogens with zero attached hydrogens (tertiary/aromatic N) is 3. The summed E-state index contributed by atoms with van der Waals surface area (Å²) in [6.45, 7) is 8.47. The molecule has 0 amide bonds. The van der Waals surface area contributed by atoms with Crippen LogP contribution in [0.15, 0.2) is 6.07 Å². The quantitative estimate of drug-likeness (QED) is 0.847. The molecular weight excluding hydrogens is 280 g/mol. The number of rotatable bonds is 5. The van der Waals surface area contributed by atoms with Gasteiger partial charge in [0.25, 0.3) is 0 Å². The first-order valence-electron chi connectivity index (χ1n) is 6.73. The molecule has 0 radical (unpaired) electrons. The van der Waals surface area contributed by atoms with Gasteiger partial charge in [-0.3, -0.25) is 4.90 Å². The van der Waals surface area contributed by atoms with E-state index in [0.29, 0.717) is 11.1 Å². The largest absolute Gasteiger partial charge is 0.369 e. The van der Waals surface area contributed by atoms with Gasteiger partial charge in [-0.2, -0.15) is 11.8 Å². The number of aromatic nitrogens is 2. The van der Waals surface area contributed by atoms with Crippen LogP contribution in [0.5, 0.6) is 0 Å². The van der Waals surface area contributed by atoms with Gasteiger partial charge in [-0.1, -0.05) is 25.4 Å². The first kappa shape index (κ1) is 14.9. The van der Waals surface area contributed by atoms with E-state index in [2.05, 4.69) is 34.0 Å². The van der Waals surface area contributed by atoms with E-state index in [9.17, 15) is 0 Å². The highest BCUT2D eigenvalue weighted by Crippen LogP contribution is 2.17. The van der Waals surface area contributed by atoms with Gasteiger partial charge in [0.1, 0.15) is 16.8 Å². The van der Waals surface area contributed by atoms with E-state index in [1.165, 1.54) is 24.6 Å². The number of halogens is 1. The third kappa shape index (κ3) is 4.82. The molecule has 4 nitrogen and oxygen atoms in total. The summed E-state index contributed by atoms with van der Waals surface area (Å²) in [6, 6.07) is 1.79. The predicted molar refractivity (Wildman–Crippen MR) is 83.4 cm³/mol. The molecule has 1 saturated heterocycles. The minimum absolute atomic E-state index is 0.290. The minimum atomic E-state index is 0.290. The van der Waals surface area contributed by atoms with Crippen LogP contribution in [0.4, 0.5) is 5.82 Å². The number of nitrogens with one attached hydrogen (secondary N) is 1. The molecule has 1 aliphatic heterocycles. The predicted octanol–water partition coefficient (Wildman–Crippen LogP) is 2.71. The molecule has 6 heteroatoms. The Hall–Kier alpha value is -0.520. The van der Waals surface area contributed by atoms with Gasteiger partial charge in [0.15, 0.2) is 0 Å². The second-order valence-corrected chi connectivity index (χ2v) is 6.58. The van der Waals surface area contributed by atoms with Crippen molar-refractivity contribution in [2.75, 3.05) is 43.0 Å². The average Bonchev–Trinajstić information content (AvgIpc) is 2.39. The van der Waals surface area contributed by atoms with Crippen LogP contribution in [0.3, 0.4) is 0 Å². The normalized spacial score (nSPS) is 16.8. The van der Waals surface area contributed by atoms with Gasteiger partial charge in [0.2, 0.25) is 0 Å². The summed E-state index contributed by atoms with van der Waals surface area (Å²) in [5.74, 6) is 4.41. The maximum absolute atomic E-state index is 6.02.